The predicted octanol–water partition coefficient (Wildman–Crippen LogP) is -0.153. The molecule has 0 bridgehead atoms. The fourth-order valence-corrected chi connectivity index (χ4v) is 3.32. The number of aromatic nitrogens is 2. The third-order valence-electron chi connectivity index (χ3n) is 2.40. The number of carbonyl (C=O) groups is 1. The van der Waals surface area contributed by atoms with Crippen LogP contribution >= 0.6 is 0 Å². The summed E-state index contributed by atoms with van der Waals surface area (Å²) in [6.07, 6.45) is 0. The number of aromatic carboxylic acids is 1. The first-order valence-corrected chi connectivity index (χ1v) is 7.32. The summed E-state index contributed by atoms with van der Waals surface area (Å²) >= 11 is -0.350. The van der Waals surface area contributed by atoms with Gasteiger partial charge in [0.2, 0.25) is 0 Å². The summed E-state index contributed by atoms with van der Waals surface area (Å²) < 4.78 is 11.3. The molecule has 0 spiro atoms. The first kappa shape index (κ1) is 14.3. The third-order valence-corrected chi connectivity index (χ3v) is 4.37. The maximum atomic E-state index is 11.2. The first-order chi connectivity index (χ1) is 9.63. The minimum atomic E-state index is -0.961. The van der Waals surface area contributed by atoms with Crippen molar-refractivity contribution < 1.29 is 19.4 Å². The number of methoxy groups -OCH3 is 2. The molecule has 0 saturated carbocycles. The molecule has 0 aliphatic heterocycles. The summed E-state index contributed by atoms with van der Waals surface area (Å²) in [6, 6.07) is 8.38. The van der Waals surface area contributed by atoms with E-state index >= 15 is 0 Å². The summed E-state index contributed by atoms with van der Waals surface area (Å²) in [5, 5.41) is 9.16. The van der Waals surface area contributed by atoms with E-state index in [0.717, 1.165) is 0 Å². The van der Waals surface area contributed by atoms with E-state index in [1.54, 1.807) is 30.3 Å². The Bertz CT molecular complexity index is 611. The van der Waals surface area contributed by atoms with Crippen molar-refractivity contribution in [2.75, 3.05) is 14.2 Å². The van der Waals surface area contributed by atoms with Crippen molar-refractivity contribution >= 4 is 30.1 Å². The second kappa shape index (κ2) is 6.36. The Morgan fingerprint density at radius 2 is 1.75 bits per heavy atom. The van der Waals surface area contributed by atoms with Crippen LogP contribution < -0.4 is 18.7 Å². The topological polar surface area (TPSA) is 81.5 Å². The van der Waals surface area contributed by atoms with E-state index in [-0.39, 0.29) is 20.5 Å². The van der Waals surface area contributed by atoms with Gasteiger partial charge in [-0.1, -0.05) is 0 Å². The minimum absolute atomic E-state index is 0.262. The molecule has 0 aliphatic rings. The molecule has 0 aliphatic carbocycles. The second-order valence-electron chi connectivity index (χ2n) is 3.64. The SMILES string of the molecule is COc1cc(OC)nc([Se]c2ccccc2C(=O)O)n1. The van der Waals surface area contributed by atoms with Crippen LogP contribution in [0.4, 0.5) is 0 Å². The molecule has 104 valence electrons. The Labute approximate surface area is 121 Å². The average Bonchev–Trinajstić information content (AvgIpc) is 2.47. The fraction of sp³-hybridized carbons (Fsp3) is 0.154. The van der Waals surface area contributed by atoms with Crippen molar-refractivity contribution in [3.05, 3.63) is 35.9 Å². The molecular weight excluding hydrogens is 327 g/mol. The van der Waals surface area contributed by atoms with E-state index in [2.05, 4.69) is 9.97 Å². The monoisotopic (exact) mass is 340 g/mol. The van der Waals surface area contributed by atoms with Crippen LogP contribution in [-0.2, 0) is 0 Å². The molecule has 1 aromatic carbocycles. The molecule has 0 unspecified atom stereocenters. The summed E-state index contributed by atoms with van der Waals surface area (Å²) in [5.74, 6) is -0.180. The summed E-state index contributed by atoms with van der Waals surface area (Å²) in [4.78, 5) is 19.6. The Hall–Kier alpha value is -2.11. The summed E-state index contributed by atoms with van der Waals surface area (Å²) in [7, 11) is 3.01. The van der Waals surface area contributed by atoms with E-state index in [0.29, 0.717) is 20.9 Å². The van der Waals surface area contributed by atoms with Crippen LogP contribution in [0.1, 0.15) is 10.4 Å². The predicted molar refractivity (Wildman–Crippen MR) is 73.6 cm³/mol. The van der Waals surface area contributed by atoms with Crippen LogP contribution in [0.3, 0.4) is 0 Å². The van der Waals surface area contributed by atoms with Gasteiger partial charge < -0.3 is 0 Å². The zero-order valence-corrected chi connectivity index (χ0v) is 12.6. The van der Waals surface area contributed by atoms with Gasteiger partial charge in [-0.05, 0) is 0 Å². The van der Waals surface area contributed by atoms with Gasteiger partial charge >= 0.3 is 121 Å². The van der Waals surface area contributed by atoms with E-state index in [1.807, 2.05) is 0 Å². The maximum absolute atomic E-state index is 11.2. The molecule has 2 rings (SSSR count). The van der Waals surface area contributed by atoms with Crippen molar-refractivity contribution in [2.24, 2.45) is 0 Å². The molecule has 20 heavy (non-hydrogen) atoms. The number of carboxylic acids is 1. The zero-order valence-electron chi connectivity index (χ0n) is 10.9. The van der Waals surface area contributed by atoms with Gasteiger partial charge in [-0.2, -0.15) is 0 Å². The fourth-order valence-electron chi connectivity index (χ4n) is 1.47. The number of rotatable bonds is 5. The molecule has 7 heteroatoms. The van der Waals surface area contributed by atoms with Crippen LogP contribution in [0.5, 0.6) is 11.8 Å². The van der Waals surface area contributed by atoms with Crippen LogP contribution in [0.2, 0.25) is 0 Å². The Balaban J connectivity index is 2.37. The second-order valence-corrected chi connectivity index (χ2v) is 5.76. The average molecular weight is 339 g/mol. The molecule has 0 saturated heterocycles. The molecular formula is C13H12N2O4Se. The van der Waals surface area contributed by atoms with Gasteiger partial charge in [-0.15, -0.1) is 0 Å². The van der Waals surface area contributed by atoms with E-state index < -0.39 is 5.97 Å². The van der Waals surface area contributed by atoms with Crippen molar-refractivity contribution in [2.45, 2.75) is 0 Å². The quantitative estimate of drug-likeness (QED) is 0.763. The van der Waals surface area contributed by atoms with Gasteiger partial charge in [0.1, 0.15) is 0 Å². The number of hydrogen-bond donors (Lipinski definition) is 1. The van der Waals surface area contributed by atoms with Crippen LogP contribution in [-0.4, -0.2) is 50.2 Å². The number of hydrogen-bond acceptors (Lipinski definition) is 5. The Morgan fingerprint density at radius 1 is 1.15 bits per heavy atom. The van der Waals surface area contributed by atoms with Gasteiger partial charge in [0, 0.05) is 0 Å². The van der Waals surface area contributed by atoms with Crippen molar-refractivity contribution in [3.63, 3.8) is 0 Å². The molecule has 0 atom stereocenters. The standard InChI is InChI=1S/C13H12N2O4Se/c1-18-10-7-11(19-2)15-13(14-10)20-9-6-4-3-5-8(9)12(16)17/h3-7H,1-2H3,(H,16,17). The summed E-state index contributed by atoms with van der Waals surface area (Å²) in [5.41, 5.74) is 0.262. The molecule has 6 nitrogen and oxygen atoms in total. The van der Waals surface area contributed by atoms with Crippen molar-refractivity contribution in [3.8, 4) is 11.8 Å². The number of benzene rings is 1. The molecule has 1 heterocycles. The van der Waals surface area contributed by atoms with E-state index in [9.17, 15) is 4.79 Å². The normalized spacial score (nSPS) is 10.1. The Kier molecular flexibility index (Phi) is 4.55. The van der Waals surface area contributed by atoms with E-state index in [1.165, 1.54) is 14.2 Å². The third kappa shape index (κ3) is 3.26. The van der Waals surface area contributed by atoms with Gasteiger partial charge in [0.15, 0.2) is 0 Å². The summed E-state index contributed by atoms with van der Waals surface area (Å²) in [6.45, 7) is 0. The Morgan fingerprint density at radius 3 is 2.30 bits per heavy atom. The molecule has 0 fully saturated rings. The zero-order chi connectivity index (χ0) is 14.5. The van der Waals surface area contributed by atoms with E-state index in [4.69, 9.17) is 14.6 Å². The van der Waals surface area contributed by atoms with Crippen LogP contribution in [0, 0.1) is 0 Å². The molecule has 0 amide bonds. The van der Waals surface area contributed by atoms with Gasteiger partial charge in [0.05, 0.1) is 0 Å². The first-order valence-electron chi connectivity index (χ1n) is 5.61. The molecule has 1 N–H and O–H groups in total. The number of carboxylic acid groups (broad SMARTS) is 1. The number of ether oxygens (including phenoxy) is 2. The van der Waals surface area contributed by atoms with Gasteiger partial charge in [-0.25, -0.2) is 0 Å². The van der Waals surface area contributed by atoms with Gasteiger partial charge in [0.25, 0.3) is 0 Å². The van der Waals surface area contributed by atoms with Gasteiger partial charge in [-0.3, -0.25) is 0 Å². The van der Waals surface area contributed by atoms with Crippen LogP contribution in [0.15, 0.2) is 30.3 Å². The van der Waals surface area contributed by atoms with Crippen LogP contribution in [0.25, 0.3) is 0 Å². The molecule has 1 aromatic heterocycles. The van der Waals surface area contributed by atoms with Crippen molar-refractivity contribution in [1.29, 1.82) is 0 Å². The number of nitrogens with zero attached hydrogens (tertiary/aromatic N) is 2. The molecule has 0 radical (unpaired) electrons. The molecule has 2 aromatic rings. The van der Waals surface area contributed by atoms with Crippen molar-refractivity contribution in [1.82, 2.24) is 9.97 Å².